The molecule has 0 aliphatic heterocycles. The Morgan fingerprint density at radius 1 is 1.29 bits per heavy atom. The quantitative estimate of drug-likeness (QED) is 0.570. The fourth-order valence-electron chi connectivity index (χ4n) is 1.53. The number of carboxylic acids is 1. The van der Waals surface area contributed by atoms with Crippen LogP contribution in [0.3, 0.4) is 0 Å². The summed E-state index contributed by atoms with van der Waals surface area (Å²) >= 11 is 0. The standard InChI is InChI=1S/C11H15N3O6S/c1-12(2)21(19,20)13(8-11(15)16)7-9-3-5-10(6-4-9)14(17)18/h3-6H,7-8H2,1-2H3,(H,15,16). The number of nitro benzene ring substituents is 1. The number of nitro groups is 1. The number of hydrogen-bond acceptors (Lipinski definition) is 5. The van der Waals surface area contributed by atoms with Crippen molar-refractivity contribution >= 4 is 21.9 Å². The maximum atomic E-state index is 12.0. The van der Waals surface area contributed by atoms with Gasteiger partial charge in [-0.2, -0.15) is 17.0 Å². The first-order chi connectivity index (χ1) is 9.64. The predicted octanol–water partition coefficient (Wildman–Crippen LogP) is 0.288. The number of aliphatic carboxylic acids is 1. The third-order valence-corrected chi connectivity index (χ3v) is 4.44. The summed E-state index contributed by atoms with van der Waals surface area (Å²) in [5.74, 6) is -1.29. The summed E-state index contributed by atoms with van der Waals surface area (Å²) in [7, 11) is -1.32. The van der Waals surface area contributed by atoms with E-state index in [4.69, 9.17) is 5.11 Å². The number of benzene rings is 1. The fraction of sp³-hybridized carbons (Fsp3) is 0.364. The first kappa shape index (κ1) is 17.0. The van der Waals surface area contributed by atoms with Crippen LogP contribution < -0.4 is 0 Å². The molecule has 0 saturated carbocycles. The van der Waals surface area contributed by atoms with E-state index >= 15 is 0 Å². The molecule has 10 heteroatoms. The van der Waals surface area contributed by atoms with Gasteiger partial charge in [-0.25, -0.2) is 0 Å². The topological polar surface area (TPSA) is 121 Å². The second-order valence-corrected chi connectivity index (χ2v) is 6.52. The van der Waals surface area contributed by atoms with Gasteiger partial charge in [-0.05, 0) is 5.56 Å². The van der Waals surface area contributed by atoms with E-state index in [0.717, 1.165) is 8.61 Å². The Labute approximate surface area is 121 Å². The average Bonchev–Trinajstić information content (AvgIpc) is 2.37. The maximum absolute atomic E-state index is 12.0. The van der Waals surface area contributed by atoms with Gasteiger partial charge in [0.2, 0.25) is 0 Å². The van der Waals surface area contributed by atoms with Gasteiger partial charge in [-0.15, -0.1) is 0 Å². The van der Waals surface area contributed by atoms with Gasteiger partial charge in [0.1, 0.15) is 6.54 Å². The summed E-state index contributed by atoms with van der Waals surface area (Å²) in [5.41, 5.74) is 0.325. The van der Waals surface area contributed by atoms with Crippen LogP contribution in [0.1, 0.15) is 5.56 Å². The molecule has 116 valence electrons. The molecule has 0 bridgehead atoms. The first-order valence-corrected chi connectivity index (χ1v) is 7.17. The molecule has 0 unspecified atom stereocenters. The van der Waals surface area contributed by atoms with Gasteiger partial charge >= 0.3 is 5.97 Å². The van der Waals surface area contributed by atoms with Crippen molar-refractivity contribution in [3.05, 3.63) is 39.9 Å². The van der Waals surface area contributed by atoms with Crippen molar-refractivity contribution < 1.29 is 23.2 Å². The minimum atomic E-state index is -3.91. The van der Waals surface area contributed by atoms with Crippen molar-refractivity contribution in [3.8, 4) is 0 Å². The summed E-state index contributed by atoms with van der Waals surface area (Å²) in [4.78, 5) is 20.8. The summed E-state index contributed by atoms with van der Waals surface area (Å²) < 4.78 is 25.7. The molecule has 0 saturated heterocycles. The zero-order chi connectivity index (χ0) is 16.2. The van der Waals surface area contributed by atoms with Crippen LogP contribution in [0.2, 0.25) is 0 Å². The largest absolute Gasteiger partial charge is 0.480 e. The Hall–Kier alpha value is -2.04. The van der Waals surface area contributed by atoms with Crippen molar-refractivity contribution in [2.24, 2.45) is 0 Å². The van der Waals surface area contributed by atoms with E-state index in [1.807, 2.05) is 0 Å². The molecule has 0 heterocycles. The molecule has 1 N–H and O–H groups in total. The zero-order valence-corrected chi connectivity index (χ0v) is 12.3. The highest BCUT2D eigenvalue weighted by molar-refractivity contribution is 7.86. The number of carboxylic acid groups (broad SMARTS) is 1. The second-order valence-electron chi connectivity index (χ2n) is 4.38. The molecule has 0 fully saturated rings. The molecule has 1 aromatic carbocycles. The Balaban J connectivity index is 3.01. The number of carbonyl (C=O) groups is 1. The number of hydrogen-bond donors (Lipinski definition) is 1. The van der Waals surface area contributed by atoms with Crippen LogP contribution in [0, 0.1) is 10.1 Å². The van der Waals surface area contributed by atoms with Crippen LogP contribution >= 0.6 is 0 Å². The summed E-state index contributed by atoms with van der Waals surface area (Å²) in [6.45, 7) is -0.887. The zero-order valence-electron chi connectivity index (χ0n) is 11.5. The highest BCUT2D eigenvalue weighted by Crippen LogP contribution is 2.15. The first-order valence-electron chi connectivity index (χ1n) is 5.77. The predicted molar refractivity (Wildman–Crippen MR) is 73.7 cm³/mol. The third kappa shape index (κ3) is 4.48. The SMILES string of the molecule is CN(C)S(=O)(=O)N(CC(=O)O)Cc1ccc([N+](=O)[O-])cc1. The molecular weight excluding hydrogens is 302 g/mol. The summed E-state index contributed by atoms with van der Waals surface area (Å²) in [6, 6.07) is 5.24. The molecule has 1 aromatic rings. The smallest absolute Gasteiger partial charge is 0.318 e. The van der Waals surface area contributed by atoms with E-state index in [9.17, 15) is 23.3 Å². The van der Waals surface area contributed by atoms with Gasteiger partial charge in [0.15, 0.2) is 0 Å². The van der Waals surface area contributed by atoms with Crippen molar-refractivity contribution in [1.29, 1.82) is 0 Å². The molecular formula is C11H15N3O6S. The minimum absolute atomic E-state index is 0.126. The van der Waals surface area contributed by atoms with Crippen LogP contribution in [-0.4, -0.2) is 53.7 Å². The van der Waals surface area contributed by atoms with Gasteiger partial charge in [0.05, 0.1) is 4.92 Å². The normalized spacial score (nSPS) is 11.8. The van der Waals surface area contributed by atoms with E-state index in [2.05, 4.69) is 0 Å². The molecule has 0 radical (unpaired) electrons. The van der Waals surface area contributed by atoms with Gasteiger partial charge < -0.3 is 5.11 Å². The number of nitrogens with zero attached hydrogens (tertiary/aromatic N) is 3. The lowest BCUT2D eigenvalue weighted by molar-refractivity contribution is -0.384. The fourth-order valence-corrected chi connectivity index (χ4v) is 2.58. The average molecular weight is 317 g/mol. The molecule has 0 aromatic heterocycles. The Morgan fingerprint density at radius 3 is 2.19 bits per heavy atom. The van der Waals surface area contributed by atoms with Gasteiger partial charge in [-0.1, -0.05) is 12.1 Å². The van der Waals surface area contributed by atoms with E-state index in [-0.39, 0.29) is 12.2 Å². The molecule has 0 amide bonds. The van der Waals surface area contributed by atoms with E-state index in [1.165, 1.54) is 38.4 Å². The van der Waals surface area contributed by atoms with Crippen molar-refractivity contribution in [2.75, 3.05) is 20.6 Å². The molecule has 21 heavy (non-hydrogen) atoms. The van der Waals surface area contributed by atoms with E-state index < -0.39 is 27.6 Å². The third-order valence-electron chi connectivity index (χ3n) is 2.61. The molecule has 0 atom stereocenters. The van der Waals surface area contributed by atoms with Crippen LogP contribution in [0.15, 0.2) is 24.3 Å². The Kier molecular flexibility index (Phi) is 5.35. The lowest BCUT2D eigenvalue weighted by Gasteiger charge is -2.23. The highest BCUT2D eigenvalue weighted by Gasteiger charge is 2.26. The maximum Gasteiger partial charge on any atom is 0.318 e. The van der Waals surface area contributed by atoms with Gasteiger partial charge in [0.25, 0.3) is 15.9 Å². The highest BCUT2D eigenvalue weighted by atomic mass is 32.2. The van der Waals surface area contributed by atoms with Crippen molar-refractivity contribution in [1.82, 2.24) is 8.61 Å². The van der Waals surface area contributed by atoms with Gasteiger partial charge in [-0.3, -0.25) is 14.9 Å². The van der Waals surface area contributed by atoms with E-state index in [0.29, 0.717) is 5.56 Å². The lowest BCUT2D eigenvalue weighted by atomic mass is 10.2. The van der Waals surface area contributed by atoms with Crippen LogP contribution in [0.4, 0.5) is 5.69 Å². The van der Waals surface area contributed by atoms with Gasteiger partial charge in [0, 0.05) is 32.8 Å². The van der Waals surface area contributed by atoms with E-state index in [1.54, 1.807) is 0 Å². The summed E-state index contributed by atoms with van der Waals surface area (Å²) in [6.07, 6.45) is 0. The second kappa shape index (κ2) is 6.61. The lowest BCUT2D eigenvalue weighted by Crippen LogP contribution is -2.42. The Bertz CT molecular complexity index is 626. The number of non-ortho nitro benzene ring substituents is 1. The van der Waals surface area contributed by atoms with Crippen molar-refractivity contribution in [3.63, 3.8) is 0 Å². The molecule has 9 nitrogen and oxygen atoms in total. The summed E-state index contributed by atoms with van der Waals surface area (Å²) in [5, 5.41) is 19.4. The molecule has 0 aliphatic carbocycles. The molecule has 1 rings (SSSR count). The van der Waals surface area contributed by atoms with Crippen LogP contribution in [-0.2, 0) is 21.5 Å². The van der Waals surface area contributed by atoms with Crippen LogP contribution in [0.5, 0.6) is 0 Å². The minimum Gasteiger partial charge on any atom is -0.480 e. The molecule has 0 aliphatic rings. The van der Waals surface area contributed by atoms with Crippen LogP contribution in [0.25, 0.3) is 0 Å². The Morgan fingerprint density at radius 2 is 1.81 bits per heavy atom. The monoisotopic (exact) mass is 317 g/mol. The number of rotatable bonds is 7. The molecule has 0 spiro atoms. The van der Waals surface area contributed by atoms with Crippen molar-refractivity contribution in [2.45, 2.75) is 6.54 Å².